The molecule has 0 radical (unpaired) electrons. The molecule has 2 N–H and O–H groups in total. The smallest absolute Gasteiger partial charge is 0.234 e. The quantitative estimate of drug-likeness (QED) is 0.699. The van der Waals surface area contributed by atoms with Gasteiger partial charge in [-0.2, -0.15) is 0 Å². The minimum Gasteiger partial charge on any atom is -0.389 e. The van der Waals surface area contributed by atoms with E-state index in [9.17, 15) is 9.90 Å². The second kappa shape index (κ2) is 5.80. The first-order chi connectivity index (χ1) is 7.78. The van der Waals surface area contributed by atoms with E-state index in [0.717, 1.165) is 19.6 Å². The fraction of sp³-hybridized carbons (Fsp3) is 0.917. The molecule has 100 valence electrons. The summed E-state index contributed by atoms with van der Waals surface area (Å²) in [6.07, 6.45) is 0. The van der Waals surface area contributed by atoms with Crippen molar-refractivity contribution in [2.75, 3.05) is 39.8 Å². The molecular formula is C12H25N3O2. The summed E-state index contributed by atoms with van der Waals surface area (Å²) in [5.41, 5.74) is -0.844. The Bertz CT molecular complexity index is 263. The highest BCUT2D eigenvalue weighted by molar-refractivity contribution is 5.78. The van der Waals surface area contributed by atoms with Crippen LogP contribution in [0, 0.1) is 0 Å². The Morgan fingerprint density at radius 2 is 2.12 bits per heavy atom. The van der Waals surface area contributed by atoms with Gasteiger partial charge in [-0.3, -0.25) is 9.69 Å². The number of piperazine rings is 1. The van der Waals surface area contributed by atoms with Crippen LogP contribution in [-0.4, -0.2) is 72.2 Å². The normalized spacial score (nSPS) is 23.7. The van der Waals surface area contributed by atoms with Crippen LogP contribution in [0.5, 0.6) is 0 Å². The molecule has 1 aliphatic rings. The first-order valence-electron chi connectivity index (χ1n) is 6.19. The fourth-order valence-electron chi connectivity index (χ4n) is 1.97. The molecule has 1 fully saturated rings. The van der Waals surface area contributed by atoms with Gasteiger partial charge in [0.1, 0.15) is 0 Å². The van der Waals surface area contributed by atoms with Crippen molar-refractivity contribution in [1.29, 1.82) is 0 Å². The summed E-state index contributed by atoms with van der Waals surface area (Å²) >= 11 is 0. The monoisotopic (exact) mass is 243 g/mol. The van der Waals surface area contributed by atoms with Gasteiger partial charge in [0.05, 0.1) is 12.1 Å². The molecule has 0 aliphatic carbocycles. The third kappa shape index (κ3) is 5.48. The van der Waals surface area contributed by atoms with Crippen molar-refractivity contribution in [3.05, 3.63) is 0 Å². The van der Waals surface area contributed by atoms with Crippen LogP contribution in [0.4, 0.5) is 0 Å². The SMILES string of the molecule is C[C@@H]1CN(C)CCN1CC(=O)NCC(C)(C)O. The topological polar surface area (TPSA) is 55.8 Å². The number of nitrogens with zero attached hydrogens (tertiary/aromatic N) is 2. The van der Waals surface area contributed by atoms with Gasteiger partial charge >= 0.3 is 0 Å². The second-order valence-electron chi connectivity index (χ2n) is 5.67. The van der Waals surface area contributed by atoms with Crippen molar-refractivity contribution >= 4 is 5.91 Å². The minimum atomic E-state index is -0.844. The number of hydrogen-bond acceptors (Lipinski definition) is 4. The number of carbonyl (C=O) groups excluding carboxylic acids is 1. The van der Waals surface area contributed by atoms with Crippen molar-refractivity contribution in [2.24, 2.45) is 0 Å². The van der Waals surface area contributed by atoms with Gasteiger partial charge in [-0.05, 0) is 27.8 Å². The van der Waals surface area contributed by atoms with Crippen molar-refractivity contribution in [2.45, 2.75) is 32.4 Å². The first-order valence-corrected chi connectivity index (χ1v) is 6.19. The molecule has 1 atom stereocenters. The second-order valence-corrected chi connectivity index (χ2v) is 5.67. The lowest BCUT2D eigenvalue weighted by atomic mass is 10.1. The Hall–Kier alpha value is -0.650. The minimum absolute atomic E-state index is 0.0106. The highest BCUT2D eigenvalue weighted by Gasteiger charge is 2.23. The van der Waals surface area contributed by atoms with Gasteiger partial charge < -0.3 is 15.3 Å². The van der Waals surface area contributed by atoms with Crippen LogP contribution >= 0.6 is 0 Å². The first kappa shape index (κ1) is 14.4. The maximum Gasteiger partial charge on any atom is 0.234 e. The van der Waals surface area contributed by atoms with E-state index >= 15 is 0 Å². The van der Waals surface area contributed by atoms with Crippen LogP contribution < -0.4 is 5.32 Å². The van der Waals surface area contributed by atoms with Gasteiger partial charge in [0.15, 0.2) is 0 Å². The van der Waals surface area contributed by atoms with Crippen LogP contribution in [-0.2, 0) is 4.79 Å². The molecule has 0 aromatic carbocycles. The Kier molecular flexibility index (Phi) is 4.91. The Morgan fingerprint density at radius 3 is 2.65 bits per heavy atom. The molecule has 0 aromatic heterocycles. The number of likely N-dealkylation sites (N-methyl/N-ethyl adjacent to an activating group) is 1. The van der Waals surface area contributed by atoms with Gasteiger partial charge in [0.2, 0.25) is 5.91 Å². The summed E-state index contributed by atoms with van der Waals surface area (Å²) in [5.74, 6) is -0.0106. The summed E-state index contributed by atoms with van der Waals surface area (Å²) in [4.78, 5) is 16.2. The number of hydrogen-bond donors (Lipinski definition) is 2. The highest BCUT2D eigenvalue weighted by atomic mass is 16.3. The molecular weight excluding hydrogens is 218 g/mol. The summed E-state index contributed by atoms with van der Waals surface area (Å²) in [6, 6.07) is 0.404. The van der Waals surface area contributed by atoms with Crippen molar-refractivity contribution in [3.8, 4) is 0 Å². The Balaban J connectivity index is 2.31. The molecule has 0 unspecified atom stereocenters. The average molecular weight is 243 g/mol. The third-order valence-corrected chi connectivity index (χ3v) is 3.03. The molecule has 0 spiro atoms. The lowest BCUT2D eigenvalue weighted by Crippen LogP contribution is -2.53. The third-order valence-electron chi connectivity index (χ3n) is 3.03. The average Bonchev–Trinajstić information content (AvgIpc) is 2.18. The number of aliphatic hydroxyl groups is 1. The van der Waals surface area contributed by atoms with E-state index in [0.29, 0.717) is 19.1 Å². The molecule has 0 saturated carbocycles. The van der Waals surface area contributed by atoms with E-state index in [1.165, 1.54) is 0 Å². The van der Waals surface area contributed by atoms with Crippen LogP contribution in [0.3, 0.4) is 0 Å². The zero-order valence-corrected chi connectivity index (χ0v) is 11.4. The standard InChI is InChI=1S/C12H25N3O2/c1-10-7-14(4)5-6-15(10)8-11(16)13-9-12(2,3)17/h10,17H,5-9H2,1-4H3,(H,13,16)/t10-/m1/s1. The molecule has 0 bridgehead atoms. The molecule has 17 heavy (non-hydrogen) atoms. The molecule has 1 heterocycles. The van der Waals surface area contributed by atoms with Crippen LogP contribution in [0.1, 0.15) is 20.8 Å². The van der Waals surface area contributed by atoms with Crippen molar-refractivity contribution in [1.82, 2.24) is 15.1 Å². The lowest BCUT2D eigenvalue weighted by Gasteiger charge is -2.37. The predicted octanol–water partition coefficient (Wildman–Crippen LogP) is -0.491. The Labute approximate surface area is 104 Å². The van der Waals surface area contributed by atoms with Crippen LogP contribution in [0.2, 0.25) is 0 Å². The van der Waals surface area contributed by atoms with Crippen LogP contribution in [0.25, 0.3) is 0 Å². The number of carbonyl (C=O) groups is 1. The van der Waals surface area contributed by atoms with E-state index in [-0.39, 0.29) is 5.91 Å². The van der Waals surface area contributed by atoms with E-state index in [4.69, 9.17) is 0 Å². The maximum atomic E-state index is 11.7. The largest absolute Gasteiger partial charge is 0.389 e. The van der Waals surface area contributed by atoms with Gasteiger partial charge in [0.25, 0.3) is 0 Å². The maximum absolute atomic E-state index is 11.7. The molecule has 5 heteroatoms. The van der Waals surface area contributed by atoms with Crippen LogP contribution in [0.15, 0.2) is 0 Å². The summed E-state index contributed by atoms with van der Waals surface area (Å²) in [6.45, 7) is 9.16. The van der Waals surface area contributed by atoms with Crippen molar-refractivity contribution < 1.29 is 9.90 Å². The fourth-order valence-corrected chi connectivity index (χ4v) is 1.97. The zero-order valence-electron chi connectivity index (χ0n) is 11.4. The van der Waals surface area contributed by atoms with E-state index in [2.05, 4.69) is 29.1 Å². The highest BCUT2D eigenvalue weighted by Crippen LogP contribution is 2.07. The van der Waals surface area contributed by atoms with Crippen molar-refractivity contribution in [3.63, 3.8) is 0 Å². The van der Waals surface area contributed by atoms with E-state index in [1.807, 2.05) is 0 Å². The van der Waals surface area contributed by atoms with E-state index < -0.39 is 5.60 Å². The number of rotatable bonds is 4. The predicted molar refractivity (Wildman–Crippen MR) is 67.8 cm³/mol. The van der Waals surface area contributed by atoms with Gasteiger partial charge in [-0.1, -0.05) is 0 Å². The molecule has 1 amide bonds. The van der Waals surface area contributed by atoms with Gasteiger partial charge in [-0.15, -0.1) is 0 Å². The Morgan fingerprint density at radius 1 is 1.47 bits per heavy atom. The molecule has 5 nitrogen and oxygen atoms in total. The van der Waals surface area contributed by atoms with E-state index in [1.54, 1.807) is 13.8 Å². The summed E-state index contributed by atoms with van der Waals surface area (Å²) in [5, 5.41) is 12.3. The zero-order chi connectivity index (χ0) is 13.1. The molecule has 1 rings (SSSR count). The summed E-state index contributed by atoms with van der Waals surface area (Å²) in [7, 11) is 2.10. The molecule has 1 saturated heterocycles. The number of nitrogens with one attached hydrogen (secondary N) is 1. The van der Waals surface area contributed by atoms with Gasteiger partial charge in [0, 0.05) is 32.2 Å². The molecule has 1 aliphatic heterocycles. The summed E-state index contributed by atoms with van der Waals surface area (Å²) < 4.78 is 0. The molecule has 0 aromatic rings. The lowest BCUT2D eigenvalue weighted by molar-refractivity contribution is -0.124. The van der Waals surface area contributed by atoms with Gasteiger partial charge in [-0.25, -0.2) is 0 Å². The number of amides is 1.